The molecule has 0 bridgehead atoms. The summed E-state index contributed by atoms with van der Waals surface area (Å²) in [6.07, 6.45) is 3.83. The maximum absolute atomic E-state index is 12.8. The maximum atomic E-state index is 12.8. The van der Waals surface area contributed by atoms with Gasteiger partial charge in [-0.25, -0.2) is 4.39 Å². The molecule has 4 heteroatoms. The third-order valence-corrected chi connectivity index (χ3v) is 2.56. The quantitative estimate of drug-likeness (QED) is 0.756. The highest BCUT2D eigenvalue weighted by Gasteiger charge is 2.12. The molecule has 0 aliphatic rings. The number of hydrogen-bond donors (Lipinski definition) is 0. The second-order valence-electron chi connectivity index (χ2n) is 3.73. The Morgan fingerprint density at radius 2 is 1.76 bits per heavy atom. The van der Waals surface area contributed by atoms with Crippen LogP contribution in [0.1, 0.15) is 17.2 Å². The van der Waals surface area contributed by atoms with Crippen molar-refractivity contribution >= 4 is 0 Å². The minimum atomic E-state index is -0.488. The number of nitrogens with zero attached hydrogens (tertiary/aromatic N) is 2. The smallest absolute Gasteiger partial charge is 0.123 e. The highest BCUT2D eigenvalue weighted by Crippen LogP contribution is 2.22. The van der Waals surface area contributed by atoms with E-state index in [9.17, 15) is 9.30 Å². The zero-order chi connectivity index (χ0) is 12.1. The van der Waals surface area contributed by atoms with Gasteiger partial charge in [0.05, 0.1) is 0 Å². The lowest BCUT2D eigenvalue weighted by atomic mass is 10.0. The van der Waals surface area contributed by atoms with Crippen molar-refractivity contribution in [2.24, 2.45) is 5.18 Å². The van der Waals surface area contributed by atoms with Gasteiger partial charge in [0.1, 0.15) is 11.9 Å². The summed E-state index contributed by atoms with van der Waals surface area (Å²) in [6.45, 7) is 0. The Hall–Kier alpha value is -2.10. The van der Waals surface area contributed by atoms with Gasteiger partial charge in [-0.3, -0.25) is 4.98 Å². The predicted molar refractivity (Wildman–Crippen MR) is 62.9 cm³/mol. The van der Waals surface area contributed by atoms with Gasteiger partial charge in [0.25, 0.3) is 0 Å². The van der Waals surface area contributed by atoms with E-state index in [1.54, 1.807) is 24.5 Å². The van der Waals surface area contributed by atoms with Crippen LogP contribution in [0, 0.1) is 10.7 Å². The van der Waals surface area contributed by atoms with Crippen molar-refractivity contribution < 1.29 is 4.39 Å². The Labute approximate surface area is 98.3 Å². The topological polar surface area (TPSA) is 42.3 Å². The summed E-state index contributed by atoms with van der Waals surface area (Å²) in [5.74, 6) is -0.317. The Balaban J connectivity index is 2.17. The third-order valence-electron chi connectivity index (χ3n) is 2.56. The normalized spacial score (nSPS) is 12.1. The fourth-order valence-corrected chi connectivity index (χ4v) is 1.64. The van der Waals surface area contributed by atoms with Crippen LogP contribution >= 0.6 is 0 Å². The van der Waals surface area contributed by atoms with E-state index in [0.717, 1.165) is 11.1 Å². The van der Waals surface area contributed by atoms with Crippen LogP contribution in [0.15, 0.2) is 54.0 Å². The van der Waals surface area contributed by atoms with Crippen molar-refractivity contribution in [2.45, 2.75) is 12.5 Å². The van der Waals surface area contributed by atoms with Crippen molar-refractivity contribution in [1.82, 2.24) is 4.98 Å². The van der Waals surface area contributed by atoms with Crippen molar-refractivity contribution in [3.8, 4) is 0 Å². The van der Waals surface area contributed by atoms with Gasteiger partial charge in [0.15, 0.2) is 0 Å². The molecule has 3 nitrogen and oxygen atoms in total. The Morgan fingerprint density at radius 3 is 2.35 bits per heavy atom. The van der Waals surface area contributed by atoms with Gasteiger partial charge in [-0.15, -0.1) is 0 Å². The molecule has 0 aliphatic carbocycles. The highest BCUT2D eigenvalue weighted by molar-refractivity contribution is 5.23. The summed E-state index contributed by atoms with van der Waals surface area (Å²) >= 11 is 0. The maximum Gasteiger partial charge on any atom is 0.123 e. The lowest BCUT2D eigenvalue weighted by Gasteiger charge is -2.09. The van der Waals surface area contributed by atoms with E-state index in [-0.39, 0.29) is 5.82 Å². The summed E-state index contributed by atoms with van der Waals surface area (Å²) in [6, 6.07) is 9.02. The van der Waals surface area contributed by atoms with Crippen LogP contribution in [0.4, 0.5) is 4.39 Å². The van der Waals surface area contributed by atoms with Crippen LogP contribution < -0.4 is 0 Å². The SMILES string of the molecule is O=NC(Cc1ccncc1)c1ccc(F)cc1. The van der Waals surface area contributed by atoms with E-state index >= 15 is 0 Å². The van der Waals surface area contributed by atoms with Crippen LogP contribution in [0.3, 0.4) is 0 Å². The number of pyridine rings is 1. The van der Waals surface area contributed by atoms with Crippen LogP contribution in [0.25, 0.3) is 0 Å². The zero-order valence-corrected chi connectivity index (χ0v) is 9.08. The number of nitroso groups, excluding NO2 is 1. The van der Waals surface area contributed by atoms with Crippen molar-refractivity contribution in [2.75, 3.05) is 0 Å². The Bertz CT molecular complexity index is 485. The largest absolute Gasteiger partial charge is 0.265 e. The molecule has 1 atom stereocenters. The number of benzene rings is 1. The molecule has 0 N–H and O–H groups in total. The molecule has 0 radical (unpaired) electrons. The average molecular weight is 230 g/mol. The number of halogens is 1. The highest BCUT2D eigenvalue weighted by atomic mass is 19.1. The van der Waals surface area contributed by atoms with Crippen LogP contribution in [0.5, 0.6) is 0 Å². The first-order valence-electron chi connectivity index (χ1n) is 5.26. The molecule has 2 rings (SSSR count). The molecule has 0 amide bonds. The molecular formula is C13H11FN2O. The number of hydrogen-bond acceptors (Lipinski definition) is 3. The minimum absolute atomic E-state index is 0.317. The Kier molecular flexibility index (Phi) is 3.55. The molecule has 0 fully saturated rings. The first kappa shape index (κ1) is 11.4. The lowest BCUT2D eigenvalue weighted by Crippen LogP contribution is -1.99. The predicted octanol–water partition coefficient (Wildman–Crippen LogP) is 3.27. The standard InChI is InChI=1S/C13H11FN2O/c14-12-3-1-11(2-4-12)13(16-17)9-10-5-7-15-8-6-10/h1-8,13H,9H2. The van der Waals surface area contributed by atoms with E-state index in [4.69, 9.17) is 0 Å². The monoisotopic (exact) mass is 230 g/mol. The third kappa shape index (κ3) is 2.93. The van der Waals surface area contributed by atoms with Crippen molar-refractivity contribution in [3.05, 3.63) is 70.6 Å². The van der Waals surface area contributed by atoms with Gasteiger partial charge < -0.3 is 0 Å². The summed E-state index contributed by atoms with van der Waals surface area (Å²) in [7, 11) is 0. The first-order chi connectivity index (χ1) is 8.29. The van der Waals surface area contributed by atoms with Gasteiger partial charge in [0, 0.05) is 18.8 Å². The molecule has 17 heavy (non-hydrogen) atoms. The van der Waals surface area contributed by atoms with Crippen molar-refractivity contribution in [3.63, 3.8) is 0 Å². The lowest BCUT2D eigenvalue weighted by molar-refractivity contribution is 0.624. The summed E-state index contributed by atoms with van der Waals surface area (Å²) in [4.78, 5) is 14.7. The number of rotatable bonds is 4. The molecule has 0 aliphatic heterocycles. The fraction of sp³-hybridized carbons (Fsp3) is 0.154. The Morgan fingerprint density at radius 1 is 1.12 bits per heavy atom. The van der Waals surface area contributed by atoms with Gasteiger partial charge in [0.2, 0.25) is 0 Å². The fourth-order valence-electron chi connectivity index (χ4n) is 1.64. The van der Waals surface area contributed by atoms with Gasteiger partial charge in [-0.2, -0.15) is 4.91 Å². The first-order valence-corrected chi connectivity index (χ1v) is 5.26. The molecule has 0 spiro atoms. The molecule has 1 heterocycles. The molecule has 0 saturated carbocycles. The van der Waals surface area contributed by atoms with E-state index in [1.165, 1.54) is 12.1 Å². The van der Waals surface area contributed by atoms with Gasteiger partial charge in [-0.05, 0) is 35.4 Å². The molecule has 86 valence electrons. The van der Waals surface area contributed by atoms with Crippen LogP contribution in [-0.2, 0) is 6.42 Å². The average Bonchev–Trinajstić information content (AvgIpc) is 2.38. The van der Waals surface area contributed by atoms with Gasteiger partial charge >= 0.3 is 0 Å². The second-order valence-corrected chi connectivity index (χ2v) is 3.73. The minimum Gasteiger partial charge on any atom is -0.265 e. The molecular weight excluding hydrogens is 219 g/mol. The van der Waals surface area contributed by atoms with E-state index in [2.05, 4.69) is 10.2 Å². The van der Waals surface area contributed by atoms with E-state index < -0.39 is 6.04 Å². The summed E-state index contributed by atoms with van der Waals surface area (Å²) in [5.41, 5.74) is 1.70. The number of aromatic nitrogens is 1. The van der Waals surface area contributed by atoms with E-state index in [1.807, 2.05) is 12.1 Å². The zero-order valence-electron chi connectivity index (χ0n) is 9.08. The summed E-state index contributed by atoms with van der Waals surface area (Å²) in [5, 5.41) is 3.09. The summed E-state index contributed by atoms with van der Waals surface area (Å²) < 4.78 is 12.8. The van der Waals surface area contributed by atoms with Crippen molar-refractivity contribution in [1.29, 1.82) is 0 Å². The second kappa shape index (κ2) is 5.30. The molecule has 0 saturated heterocycles. The molecule has 1 unspecified atom stereocenters. The van der Waals surface area contributed by atoms with Gasteiger partial charge in [-0.1, -0.05) is 17.3 Å². The van der Waals surface area contributed by atoms with Crippen LogP contribution in [0.2, 0.25) is 0 Å². The molecule has 1 aromatic heterocycles. The molecule has 2 aromatic rings. The van der Waals surface area contributed by atoms with E-state index in [0.29, 0.717) is 6.42 Å². The van der Waals surface area contributed by atoms with Crippen LogP contribution in [-0.4, -0.2) is 4.98 Å². The molecule has 1 aromatic carbocycles.